The van der Waals surface area contributed by atoms with Crippen LogP contribution in [0.25, 0.3) is 0 Å². The second-order valence-electron chi connectivity index (χ2n) is 4.97. The Hall–Kier alpha value is -1.44. The third kappa shape index (κ3) is 5.45. The van der Waals surface area contributed by atoms with Gasteiger partial charge in [0.2, 0.25) is 15.9 Å². The number of amides is 1. The Bertz CT molecular complexity index is 599. The van der Waals surface area contributed by atoms with Gasteiger partial charge in [-0.05, 0) is 38.1 Å². The second kappa shape index (κ2) is 7.53. The lowest BCUT2D eigenvalue weighted by atomic mass is 10.2. The number of rotatable bonds is 7. The predicted molar refractivity (Wildman–Crippen MR) is 83.8 cm³/mol. The van der Waals surface area contributed by atoms with Gasteiger partial charge in [-0.1, -0.05) is 13.0 Å². The van der Waals surface area contributed by atoms with Gasteiger partial charge in [-0.3, -0.25) is 4.79 Å². The quantitative estimate of drug-likeness (QED) is 0.706. The van der Waals surface area contributed by atoms with Crippen LogP contribution in [0, 0.1) is 6.92 Å². The molecule has 118 valence electrons. The molecule has 0 unspecified atom stereocenters. The molecular weight excluding hydrogens is 290 g/mol. The standard InChI is InChI=1S/C14H23N3O3S/c1-5-15-11(3)9-16-21(19,20)13-7-6-10(2)14(8-13)17-12(4)18/h6-8,11,15-16H,5,9H2,1-4H3,(H,17,18)/t11-/m1/s1. The molecule has 7 heteroatoms. The largest absolute Gasteiger partial charge is 0.326 e. The van der Waals surface area contributed by atoms with Gasteiger partial charge in [0.25, 0.3) is 0 Å². The summed E-state index contributed by atoms with van der Waals surface area (Å²) in [5.41, 5.74) is 1.32. The van der Waals surface area contributed by atoms with Crippen molar-refractivity contribution >= 4 is 21.6 Å². The van der Waals surface area contributed by atoms with Crippen LogP contribution in [0.2, 0.25) is 0 Å². The summed E-state index contributed by atoms with van der Waals surface area (Å²) >= 11 is 0. The van der Waals surface area contributed by atoms with E-state index in [0.717, 1.165) is 12.1 Å². The van der Waals surface area contributed by atoms with Gasteiger partial charge in [0.05, 0.1) is 4.90 Å². The number of carbonyl (C=O) groups excluding carboxylic acids is 1. The number of aryl methyl sites for hydroxylation is 1. The van der Waals surface area contributed by atoms with E-state index in [1.54, 1.807) is 6.07 Å². The summed E-state index contributed by atoms with van der Waals surface area (Å²) < 4.78 is 27.0. The monoisotopic (exact) mass is 313 g/mol. The van der Waals surface area contributed by atoms with Crippen molar-refractivity contribution in [3.05, 3.63) is 23.8 Å². The highest BCUT2D eigenvalue weighted by atomic mass is 32.2. The van der Waals surface area contributed by atoms with Crippen molar-refractivity contribution in [1.29, 1.82) is 0 Å². The van der Waals surface area contributed by atoms with Crippen LogP contribution >= 0.6 is 0 Å². The number of carbonyl (C=O) groups is 1. The molecule has 0 heterocycles. The minimum atomic E-state index is -3.59. The van der Waals surface area contributed by atoms with E-state index in [1.807, 2.05) is 20.8 Å². The van der Waals surface area contributed by atoms with E-state index < -0.39 is 10.0 Å². The molecule has 1 rings (SSSR count). The third-order valence-corrected chi connectivity index (χ3v) is 4.38. The van der Waals surface area contributed by atoms with E-state index in [0.29, 0.717) is 12.2 Å². The summed E-state index contributed by atoms with van der Waals surface area (Å²) in [6, 6.07) is 4.72. The highest BCUT2D eigenvalue weighted by Crippen LogP contribution is 2.20. The fraction of sp³-hybridized carbons (Fsp3) is 0.500. The Morgan fingerprint density at radius 3 is 2.57 bits per heavy atom. The van der Waals surface area contributed by atoms with Crippen LogP contribution in [0.4, 0.5) is 5.69 Å². The van der Waals surface area contributed by atoms with Crippen LogP contribution < -0.4 is 15.4 Å². The SMILES string of the molecule is CCN[C@H](C)CNS(=O)(=O)c1ccc(C)c(NC(C)=O)c1. The number of likely N-dealkylation sites (N-methyl/N-ethyl adjacent to an activating group) is 1. The maximum atomic E-state index is 12.2. The van der Waals surface area contributed by atoms with Gasteiger partial charge in [0.1, 0.15) is 0 Å². The first-order valence-electron chi connectivity index (χ1n) is 6.87. The molecule has 3 N–H and O–H groups in total. The fourth-order valence-electron chi connectivity index (χ4n) is 1.83. The normalized spacial score (nSPS) is 13.0. The van der Waals surface area contributed by atoms with Crippen molar-refractivity contribution in [2.75, 3.05) is 18.4 Å². The van der Waals surface area contributed by atoms with Crippen LogP contribution in [-0.4, -0.2) is 33.5 Å². The van der Waals surface area contributed by atoms with Crippen LogP contribution in [0.3, 0.4) is 0 Å². The number of nitrogens with one attached hydrogen (secondary N) is 3. The Balaban J connectivity index is 2.90. The van der Waals surface area contributed by atoms with Gasteiger partial charge in [-0.15, -0.1) is 0 Å². The average Bonchev–Trinajstić information content (AvgIpc) is 2.39. The van der Waals surface area contributed by atoms with Gasteiger partial charge >= 0.3 is 0 Å². The van der Waals surface area contributed by atoms with E-state index in [9.17, 15) is 13.2 Å². The third-order valence-electron chi connectivity index (χ3n) is 2.96. The van der Waals surface area contributed by atoms with Gasteiger partial charge in [0.15, 0.2) is 0 Å². The molecule has 0 aliphatic rings. The van der Waals surface area contributed by atoms with Crippen LogP contribution in [0.15, 0.2) is 23.1 Å². The first-order chi connectivity index (χ1) is 9.76. The topological polar surface area (TPSA) is 87.3 Å². The molecule has 1 amide bonds. The number of hydrogen-bond donors (Lipinski definition) is 3. The Labute approximate surface area is 126 Å². The van der Waals surface area contributed by atoms with Crippen molar-refractivity contribution in [2.45, 2.75) is 38.6 Å². The summed E-state index contributed by atoms with van der Waals surface area (Å²) in [7, 11) is -3.59. The second-order valence-corrected chi connectivity index (χ2v) is 6.74. The highest BCUT2D eigenvalue weighted by Gasteiger charge is 2.16. The zero-order valence-electron chi connectivity index (χ0n) is 12.9. The number of benzene rings is 1. The molecule has 0 fully saturated rings. The van der Waals surface area contributed by atoms with E-state index in [4.69, 9.17) is 0 Å². The molecule has 1 aromatic carbocycles. The van der Waals surface area contributed by atoms with E-state index in [2.05, 4.69) is 15.4 Å². The summed E-state index contributed by atoms with van der Waals surface area (Å²) in [6.45, 7) is 8.15. The minimum absolute atomic E-state index is 0.0463. The van der Waals surface area contributed by atoms with Gasteiger partial charge in [0, 0.05) is 25.2 Å². The molecular formula is C14H23N3O3S. The van der Waals surface area contributed by atoms with Crippen molar-refractivity contribution < 1.29 is 13.2 Å². The molecule has 1 aromatic rings. The van der Waals surface area contributed by atoms with E-state index >= 15 is 0 Å². The molecule has 21 heavy (non-hydrogen) atoms. The molecule has 0 aliphatic carbocycles. The number of hydrogen-bond acceptors (Lipinski definition) is 4. The van der Waals surface area contributed by atoms with Crippen LogP contribution in [0.1, 0.15) is 26.3 Å². The Morgan fingerprint density at radius 1 is 1.33 bits per heavy atom. The Morgan fingerprint density at radius 2 is 2.00 bits per heavy atom. The first kappa shape index (κ1) is 17.6. The maximum absolute atomic E-state index is 12.2. The van der Waals surface area contributed by atoms with Crippen molar-refractivity contribution in [3.8, 4) is 0 Å². The fourth-order valence-corrected chi connectivity index (χ4v) is 2.99. The van der Waals surface area contributed by atoms with E-state index in [-0.39, 0.29) is 16.8 Å². The molecule has 0 spiro atoms. The first-order valence-corrected chi connectivity index (χ1v) is 8.36. The van der Waals surface area contributed by atoms with Gasteiger partial charge in [-0.25, -0.2) is 13.1 Å². The number of sulfonamides is 1. The lowest BCUT2D eigenvalue weighted by molar-refractivity contribution is -0.114. The highest BCUT2D eigenvalue weighted by molar-refractivity contribution is 7.89. The van der Waals surface area contributed by atoms with Crippen molar-refractivity contribution in [3.63, 3.8) is 0 Å². The lowest BCUT2D eigenvalue weighted by Crippen LogP contribution is -2.38. The minimum Gasteiger partial charge on any atom is -0.326 e. The smallest absolute Gasteiger partial charge is 0.240 e. The molecule has 0 radical (unpaired) electrons. The molecule has 0 aliphatic heterocycles. The number of anilines is 1. The zero-order valence-corrected chi connectivity index (χ0v) is 13.7. The zero-order chi connectivity index (χ0) is 16.0. The van der Waals surface area contributed by atoms with E-state index in [1.165, 1.54) is 19.1 Å². The average molecular weight is 313 g/mol. The molecule has 1 atom stereocenters. The molecule has 0 bridgehead atoms. The van der Waals surface area contributed by atoms with Gasteiger partial charge < -0.3 is 10.6 Å². The van der Waals surface area contributed by atoms with Gasteiger partial charge in [-0.2, -0.15) is 0 Å². The molecule has 0 saturated carbocycles. The summed E-state index contributed by atoms with van der Waals surface area (Å²) in [6.07, 6.45) is 0. The van der Waals surface area contributed by atoms with Crippen LogP contribution in [0.5, 0.6) is 0 Å². The maximum Gasteiger partial charge on any atom is 0.240 e. The van der Waals surface area contributed by atoms with Crippen LogP contribution in [-0.2, 0) is 14.8 Å². The summed E-state index contributed by atoms with van der Waals surface area (Å²) in [4.78, 5) is 11.3. The lowest BCUT2D eigenvalue weighted by Gasteiger charge is -2.14. The van der Waals surface area contributed by atoms with Crippen molar-refractivity contribution in [1.82, 2.24) is 10.0 Å². The predicted octanol–water partition coefficient (Wildman–Crippen LogP) is 1.23. The summed E-state index contributed by atoms with van der Waals surface area (Å²) in [5.74, 6) is -0.235. The molecule has 0 saturated heterocycles. The summed E-state index contributed by atoms with van der Waals surface area (Å²) in [5, 5.41) is 5.76. The molecule has 6 nitrogen and oxygen atoms in total. The Kier molecular flexibility index (Phi) is 6.32. The molecule has 0 aromatic heterocycles. The van der Waals surface area contributed by atoms with Crippen molar-refractivity contribution in [2.24, 2.45) is 0 Å².